The Morgan fingerprint density at radius 1 is 1.31 bits per heavy atom. The molecule has 13 heteroatoms. The number of aromatic nitrogens is 2. The molecule has 0 bridgehead atoms. The maximum Gasteiger partial charge on any atom is 0.407 e. The number of nitrogens with zero attached hydrogens (tertiary/aromatic N) is 3. The lowest BCUT2D eigenvalue weighted by molar-refractivity contribution is -0.105. The first-order valence-corrected chi connectivity index (χ1v) is 13.3. The molecular formula is C23H30F2N4O6S. The molecule has 10 nitrogen and oxygen atoms in total. The van der Waals surface area contributed by atoms with Crippen LogP contribution in [0, 0.1) is 17.6 Å². The second-order valence-corrected chi connectivity index (χ2v) is 12.0. The number of aliphatic hydroxyl groups is 1. The average molecular weight is 529 g/mol. The first kappa shape index (κ1) is 26.5. The van der Waals surface area contributed by atoms with Gasteiger partial charge in [0.15, 0.2) is 0 Å². The lowest BCUT2D eigenvalue weighted by Gasteiger charge is -2.45. The molecule has 2 aliphatic rings. The largest absolute Gasteiger partial charge is 0.444 e. The fraction of sp³-hybridized carbons (Fsp3) is 0.565. The Morgan fingerprint density at radius 2 is 2.03 bits per heavy atom. The van der Waals surface area contributed by atoms with Gasteiger partial charge in [0.1, 0.15) is 23.3 Å². The SMILES string of the molecule is CC(C)(C)OC(=O)N[C@H]1C(CO)[C@@H](N2Cc3cn(S(C)(=O)=O)nc3C2)CO[C@@H]1c1cc(F)ccc1F. The smallest absolute Gasteiger partial charge is 0.407 e. The zero-order valence-corrected chi connectivity index (χ0v) is 21.3. The lowest BCUT2D eigenvalue weighted by Crippen LogP contribution is -2.59. The highest BCUT2D eigenvalue weighted by atomic mass is 32.2. The number of carbonyl (C=O) groups excluding carboxylic acids is 1. The minimum Gasteiger partial charge on any atom is -0.444 e. The number of amides is 1. The molecule has 0 aliphatic carbocycles. The third-order valence-corrected chi connectivity index (χ3v) is 7.14. The van der Waals surface area contributed by atoms with Crippen LogP contribution in [0.4, 0.5) is 13.6 Å². The van der Waals surface area contributed by atoms with Crippen molar-refractivity contribution in [2.24, 2.45) is 5.92 Å². The zero-order valence-electron chi connectivity index (χ0n) is 20.4. The van der Waals surface area contributed by atoms with E-state index in [-0.39, 0.29) is 18.8 Å². The van der Waals surface area contributed by atoms with E-state index < -0.39 is 57.5 Å². The van der Waals surface area contributed by atoms with E-state index in [9.17, 15) is 27.1 Å². The van der Waals surface area contributed by atoms with E-state index in [0.717, 1.165) is 28.5 Å². The summed E-state index contributed by atoms with van der Waals surface area (Å²) in [5.41, 5.74) is 0.400. The maximum absolute atomic E-state index is 14.7. The number of hydrogen-bond donors (Lipinski definition) is 2. The lowest BCUT2D eigenvalue weighted by atomic mass is 9.83. The standard InChI is InChI=1S/C23H30F2N4O6S/c1-23(2,3)35-22(31)26-20-16(11-30)19(12-34-21(20)15-7-14(24)5-6-17(15)25)28-8-13-9-29(36(4,32)33)27-18(13)10-28/h5-7,9,16,19-21,30H,8,10-12H2,1-4H3,(H,26,31)/t16?,19-,20-,21+/m0/s1. The number of alkyl carbamates (subject to hydrolysis) is 1. The Kier molecular flexibility index (Phi) is 7.12. The fourth-order valence-electron chi connectivity index (χ4n) is 4.70. The number of ether oxygens (including phenoxy) is 2. The Balaban J connectivity index is 1.62. The van der Waals surface area contributed by atoms with Crippen LogP contribution >= 0.6 is 0 Å². The number of nitrogens with one attached hydrogen (secondary N) is 1. The monoisotopic (exact) mass is 528 g/mol. The maximum atomic E-state index is 14.7. The molecule has 1 unspecified atom stereocenters. The van der Waals surface area contributed by atoms with Crippen LogP contribution in [0.1, 0.15) is 43.7 Å². The minimum absolute atomic E-state index is 0.0503. The second kappa shape index (κ2) is 9.69. The number of fused-ring (bicyclic) bond motifs is 1. The van der Waals surface area contributed by atoms with Crippen LogP contribution in [0.15, 0.2) is 24.4 Å². The number of hydrogen-bond acceptors (Lipinski definition) is 8. The van der Waals surface area contributed by atoms with Crippen LogP contribution in [0.3, 0.4) is 0 Å². The highest BCUT2D eigenvalue weighted by molar-refractivity contribution is 7.89. The van der Waals surface area contributed by atoms with Crippen molar-refractivity contribution < 1.29 is 36.6 Å². The fourth-order valence-corrected chi connectivity index (χ4v) is 5.27. The van der Waals surface area contributed by atoms with Gasteiger partial charge in [-0.2, -0.15) is 9.19 Å². The third-order valence-electron chi connectivity index (χ3n) is 6.28. The Hall–Kier alpha value is -2.61. The molecule has 4 atom stereocenters. The highest BCUT2D eigenvalue weighted by Crippen LogP contribution is 2.38. The summed E-state index contributed by atoms with van der Waals surface area (Å²) in [7, 11) is -3.53. The summed E-state index contributed by atoms with van der Waals surface area (Å²) in [4.78, 5) is 14.6. The molecule has 1 saturated heterocycles. The summed E-state index contributed by atoms with van der Waals surface area (Å²) in [6.45, 7) is 5.37. The first-order valence-electron chi connectivity index (χ1n) is 11.5. The van der Waals surface area contributed by atoms with Crippen molar-refractivity contribution in [3.63, 3.8) is 0 Å². The molecule has 1 aromatic heterocycles. The predicted octanol–water partition coefficient (Wildman–Crippen LogP) is 1.93. The second-order valence-electron chi connectivity index (χ2n) is 10.1. The van der Waals surface area contributed by atoms with Gasteiger partial charge in [-0.25, -0.2) is 22.0 Å². The van der Waals surface area contributed by atoms with Gasteiger partial charge >= 0.3 is 6.09 Å². The number of benzene rings is 1. The van der Waals surface area contributed by atoms with Gasteiger partial charge in [0.25, 0.3) is 10.0 Å². The number of rotatable bonds is 5. The Morgan fingerprint density at radius 3 is 2.64 bits per heavy atom. The van der Waals surface area contributed by atoms with Crippen LogP contribution in [0.25, 0.3) is 0 Å². The van der Waals surface area contributed by atoms with Gasteiger partial charge in [-0.15, -0.1) is 0 Å². The van der Waals surface area contributed by atoms with E-state index in [4.69, 9.17) is 9.47 Å². The molecule has 1 fully saturated rings. The third kappa shape index (κ3) is 5.53. The Bertz CT molecular complexity index is 1220. The molecule has 2 aliphatic heterocycles. The van der Waals surface area contributed by atoms with Crippen molar-refractivity contribution in [3.8, 4) is 0 Å². The number of carbonyl (C=O) groups is 1. The van der Waals surface area contributed by atoms with E-state index in [1.165, 1.54) is 6.20 Å². The molecule has 1 aromatic carbocycles. The van der Waals surface area contributed by atoms with Crippen molar-refractivity contribution in [1.82, 2.24) is 19.4 Å². The molecular weight excluding hydrogens is 498 g/mol. The number of aliphatic hydroxyl groups excluding tert-OH is 1. The van der Waals surface area contributed by atoms with E-state index >= 15 is 0 Å². The van der Waals surface area contributed by atoms with Crippen LogP contribution in [-0.2, 0) is 32.6 Å². The first-order chi connectivity index (χ1) is 16.8. The molecule has 2 aromatic rings. The summed E-state index contributed by atoms with van der Waals surface area (Å²) in [6, 6.07) is 1.59. The molecule has 36 heavy (non-hydrogen) atoms. The van der Waals surface area contributed by atoms with Crippen molar-refractivity contribution in [3.05, 3.63) is 52.9 Å². The van der Waals surface area contributed by atoms with E-state index in [2.05, 4.69) is 10.4 Å². The number of halogens is 2. The molecule has 4 rings (SSSR count). The minimum atomic E-state index is -3.53. The molecule has 0 saturated carbocycles. The highest BCUT2D eigenvalue weighted by Gasteiger charge is 2.46. The normalized spacial score (nSPS) is 25.0. The van der Waals surface area contributed by atoms with Gasteiger partial charge in [-0.05, 0) is 39.0 Å². The molecule has 2 N–H and O–H groups in total. The van der Waals surface area contributed by atoms with Gasteiger partial charge in [0.2, 0.25) is 0 Å². The summed E-state index contributed by atoms with van der Waals surface area (Å²) >= 11 is 0. The van der Waals surface area contributed by atoms with Gasteiger partial charge in [-0.3, -0.25) is 4.90 Å². The van der Waals surface area contributed by atoms with Gasteiger partial charge < -0.3 is 19.9 Å². The molecule has 0 spiro atoms. The Labute approximate surface area is 208 Å². The molecule has 1 amide bonds. The van der Waals surface area contributed by atoms with Crippen molar-refractivity contribution >= 4 is 16.1 Å². The van der Waals surface area contributed by atoms with E-state index in [1.807, 2.05) is 4.90 Å². The van der Waals surface area contributed by atoms with Crippen molar-refractivity contribution in [2.75, 3.05) is 19.5 Å². The quantitative estimate of drug-likeness (QED) is 0.604. The summed E-state index contributed by atoms with van der Waals surface area (Å²) in [5.74, 6) is -2.02. The van der Waals surface area contributed by atoms with Crippen LogP contribution in [0.2, 0.25) is 0 Å². The van der Waals surface area contributed by atoms with Crippen LogP contribution in [-0.4, -0.2) is 70.9 Å². The molecule has 198 valence electrons. The van der Waals surface area contributed by atoms with Crippen molar-refractivity contribution in [2.45, 2.75) is 57.6 Å². The summed E-state index contributed by atoms with van der Waals surface area (Å²) in [6.07, 6.45) is 0.638. The van der Waals surface area contributed by atoms with Crippen molar-refractivity contribution in [1.29, 1.82) is 0 Å². The predicted molar refractivity (Wildman–Crippen MR) is 124 cm³/mol. The van der Waals surface area contributed by atoms with E-state index in [1.54, 1.807) is 20.8 Å². The molecule has 0 radical (unpaired) electrons. The van der Waals surface area contributed by atoms with E-state index in [0.29, 0.717) is 24.3 Å². The van der Waals surface area contributed by atoms with Crippen LogP contribution < -0.4 is 5.32 Å². The van der Waals surface area contributed by atoms with Gasteiger partial charge in [-0.1, -0.05) is 0 Å². The zero-order chi connectivity index (χ0) is 26.4. The average Bonchev–Trinajstić information content (AvgIpc) is 3.33. The topological polar surface area (TPSA) is 123 Å². The summed E-state index contributed by atoms with van der Waals surface area (Å²) < 4.78 is 64.6. The van der Waals surface area contributed by atoms with Gasteiger partial charge in [0.05, 0.1) is 24.6 Å². The van der Waals surface area contributed by atoms with Gasteiger partial charge in [0, 0.05) is 49.0 Å². The van der Waals surface area contributed by atoms with Crippen LogP contribution in [0.5, 0.6) is 0 Å². The molecule has 3 heterocycles. The summed E-state index contributed by atoms with van der Waals surface area (Å²) in [5, 5.41) is 17.3.